The number of carbonyl (C=O) groups is 2. The number of aromatic nitrogens is 1. The molecule has 21 heavy (non-hydrogen) atoms. The fourth-order valence-electron chi connectivity index (χ4n) is 1.78. The van der Waals surface area contributed by atoms with E-state index in [0.717, 1.165) is 5.82 Å². The molecule has 0 aliphatic carbocycles. The molecule has 0 fully saturated rings. The molecule has 116 valence electrons. The number of amides is 1. The molecule has 6 nitrogen and oxygen atoms in total. The minimum absolute atomic E-state index is 0.0558. The standard InChI is InChI=1S/C15H23N3O3/c1-6-21-14(19)10-18(11(2)3)15(20)12-7-8-13(16-9-12)17(4)5/h7-9,11H,6,10H2,1-5H3. The number of ether oxygens (including phenoxy) is 1. The minimum atomic E-state index is -0.405. The first kappa shape index (κ1) is 16.9. The normalized spacial score (nSPS) is 10.4. The van der Waals surface area contributed by atoms with Gasteiger partial charge in [-0.25, -0.2) is 4.98 Å². The summed E-state index contributed by atoms with van der Waals surface area (Å²) in [4.78, 5) is 31.6. The topological polar surface area (TPSA) is 62.7 Å². The molecule has 1 rings (SSSR count). The number of carbonyl (C=O) groups excluding carboxylic acids is 2. The number of hydrogen-bond acceptors (Lipinski definition) is 5. The molecule has 0 saturated heterocycles. The fourth-order valence-corrected chi connectivity index (χ4v) is 1.78. The second-order valence-electron chi connectivity index (χ2n) is 5.13. The third-order valence-electron chi connectivity index (χ3n) is 2.94. The fraction of sp³-hybridized carbons (Fsp3) is 0.533. The number of anilines is 1. The van der Waals surface area contributed by atoms with Gasteiger partial charge in [-0.3, -0.25) is 9.59 Å². The van der Waals surface area contributed by atoms with E-state index in [0.29, 0.717) is 12.2 Å². The van der Waals surface area contributed by atoms with Crippen molar-refractivity contribution in [1.29, 1.82) is 0 Å². The van der Waals surface area contributed by atoms with E-state index in [-0.39, 0.29) is 18.5 Å². The van der Waals surface area contributed by atoms with Gasteiger partial charge in [0.05, 0.1) is 12.2 Å². The molecule has 0 spiro atoms. The molecule has 0 radical (unpaired) electrons. The summed E-state index contributed by atoms with van der Waals surface area (Å²) >= 11 is 0. The summed E-state index contributed by atoms with van der Waals surface area (Å²) in [5.41, 5.74) is 0.457. The summed E-state index contributed by atoms with van der Waals surface area (Å²) in [5, 5.41) is 0. The van der Waals surface area contributed by atoms with Crippen LogP contribution in [0.1, 0.15) is 31.1 Å². The van der Waals surface area contributed by atoms with Gasteiger partial charge in [0, 0.05) is 26.3 Å². The van der Waals surface area contributed by atoms with Gasteiger partial charge in [0.1, 0.15) is 12.4 Å². The van der Waals surface area contributed by atoms with Crippen molar-refractivity contribution in [2.45, 2.75) is 26.8 Å². The van der Waals surface area contributed by atoms with E-state index in [4.69, 9.17) is 4.74 Å². The van der Waals surface area contributed by atoms with Crippen LogP contribution in [0.5, 0.6) is 0 Å². The third-order valence-corrected chi connectivity index (χ3v) is 2.94. The number of rotatable bonds is 6. The van der Waals surface area contributed by atoms with Gasteiger partial charge in [-0.05, 0) is 32.9 Å². The Kier molecular flexibility index (Phi) is 6.14. The van der Waals surface area contributed by atoms with Gasteiger partial charge in [0.25, 0.3) is 5.91 Å². The largest absolute Gasteiger partial charge is 0.465 e. The maximum atomic E-state index is 12.5. The predicted octanol–water partition coefficient (Wildman–Crippen LogP) is 1.56. The number of esters is 1. The van der Waals surface area contributed by atoms with Crippen LogP contribution in [0.15, 0.2) is 18.3 Å². The molecular weight excluding hydrogens is 270 g/mol. The summed E-state index contributed by atoms with van der Waals surface area (Å²) in [6.45, 7) is 5.71. The van der Waals surface area contributed by atoms with E-state index in [1.807, 2.05) is 32.8 Å². The monoisotopic (exact) mass is 293 g/mol. The van der Waals surface area contributed by atoms with Crippen LogP contribution in [0.25, 0.3) is 0 Å². The van der Waals surface area contributed by atoms with Crippen molar-refractivity contribution < 1.29 is 14.3 Å². The highest BCUT2D eigenvalue weighted by atomic mass is 16.5. The molecule has 1 aromatic heterocycles. The first-order valence-electron chi connectivity index (χ1n) is 6.96. The van der Waals surface area contributed by atoms with Crippen LogP contribution in [0, 0.1) is 0 Å². The Morgan fingerprint density at radius 3 is 2.38 bits per heavy atom. The van der Waals surface area contributed by atoms with E-state index in [1.54, 1.807) is 19.1 Å². The van der Waals surface area contributed by atoms with Crippen LogP contribution in [-0.2, 0) is 9.53 Å². The van der Waals surface area contributed by atoms with Crippen molar-refractivity contribution in [2.75, 3.05) is 32.1 Å². The molecule has 0 bridgehead atoms. The van der Waals surface area contributed by atoms with Crippen LogP contribution in [0.4, 0.5) is 5.82 Å². The smallest absolute Gasteiger partial charge is 0.325 e. The number of hydrogen-bond donors (Lipinski definition) is 0. The molecule has 1 amide bonds. The second kappa shape index (κ2) is 7.61. The summed E-state index contributed by atoms with van der Waals surface area (Å²) in [6.07, 6.45) is 1.53. The van der Waals surface area contributed by atoms with Crippen molar-refractivity contribution >= 4 is 17.7 Å². The van der Waals surface area contributed by atoms with Crippen molar-refractivity contribution in [3.63, 3.8) is 0 Å². The summed E-state index contributed by atoms with van der Waals surface area (Å²) in [6, 6.07) is 3.39. The maximum Gasteiger partial charge on any atom is 0.325 e. The lowest BCUT2D eigenvalue weighted by Crippen LogP contribution is -2.41. The lowest BCUT2D eigenvalue weighted by Gasteiger charge is -2.25. The molecule has 0 atom stereocenters. The zero-order valence-electron chi connectivity index (χ0n) is 13.3. The van der Waals surface area contributed by atoms with E-state index in [1.165, 1.54) is 11.1 Å². The van der Waals surface area contributed by atoms with E-state index in [9.17, 15) is 9.59 Å². The van der Waals surface area contributed by atoms with Gasteiger partial charge in [-0.1, -0.05) is 0 Å². The molecule has 0 aromatic carbocycles. The first-order valence-corrected chi connectivity index (χ1v) is 6.96. The van der Waals surface area contributed by atoms with Crippen molar-refractivity contribution in [3.8, 4) is 0 Å². The summed E-state index contributed by atoms with van der Waals surface area (Å²) in [7, 11) is 3.76. The third kappa shape index (κ3) is 4.73. The van der Waals surface area contributed by atoms with Crippen LogP contribution in [0.3, 0.4) is 0 Å². The molecule has 1 heterocycles. The Hall–Kier alpha value is -2.11. The van der Waals surface area contributed by atoms with E-state index in [2.05, 4.69) is 4.98 Å². The molecule has 6 heteroatoms. The molecule has 1 aromatic rings. The quantitative estimate of drug-likeness (QED) is 0.745. The highest BCUT2D eigenvalue weighted by molar-refractivity contribution is 5.96. The lowest BCUT2D eigenvalue weighted by molar-refractivity contribution is -0.144. The van der Waals surface area contributed by atoms with Crippen molar-refractivity contribution in [3.05, 3.63) is 23.9 Å². The summed E-state index contributed by atoms with van der Waals surface area (Å²) in [5.74, 6) is 0.140. The molecule has 0 aliphatic heterocycles. The number of pyridine rings is 1. The Balaban J connectivity index is 2.87. The number of nitrogens with zero attached hydrogens (tertiary/aromatic N) is 3. The van der Waals surface area contributed by atoms with Crippen LogP contribution < -0.4 is 4.90 Å². The molecule has 0 N–H and O–H groups in total. The second-order valence-corrected chi connectivity index (χ2v) is 5.13. The maximum absolute atomic E-state index is 12.5. The zero-order chi connectivity index (χ0) is 16.0. The average Bonchev–Trinajstić information content (AvgIpc) is 2.44. The van der Waals surface area contributed by atoms with Crippen LogP contribution in [0.2, 0.25) is 0 Å². The Labute approximate surface area is 125 Å². The zero-order valence-corrected chi connectivity index (χ0v) is 13.3. The van der Waals surface area contributed by atoms with Crippen molar-refractivity contribution in [1.82, 2.24) is 9.88 Å². The average molecular weight is 293 g/mol. The van der Waals surface area contributed by atoms with Crippen molar-refractivity contribution in [2.24, 2.45) is 0 Å². The van der Waals surface area contributed by atoms with Gasteiger partial charge < -0.3 is 14.5 Å². The first-order chi connectivity index (χ1) is 9.86. The molecule has 0 unspecified atom stereocenters. The van der Waals surface area contributed by atoms with Crippen LogP contribution in [-0.4, -0.2) is 55.0 Å². The highest BCUT2D eigenvalue weighted by Crippen LogP contribution is 2.12. The Morgan fingerprint density at radius 2 is 1.95 bits per heavy atom. The Morgan fingerprint density at radius 1 is 1.29 bits per heavy atom. The molecular formula is C15H23N3O3. The highest BCUT2D eigenvalue weighted by Gasteiger charge is 2.22. The molecule has 0 aliphatic rings. The van der Waals surface area contributed by atoms with Gasteiger partial charge in [0.15, 0.2) is 0 Å². The van der Waals surface area contributed by atoms with Gasteiger partial charge >= 0.3 is 5.97 Å². The van der Waals surface area contributed by atoms with E-state index >= 15 is 0 Å². The van der Waals surface area contributed by atoms with Gasteiger partial charge in [-0.2, -0.15) is 0 Å². The van der Waals surface area contributed by atoms with Gasteiger partial charge in [0.2, 0.25) is 0 Å². The Bertz CT molecular complexity index is 483. The predicted molar refractivity (Wildman–Crippen MR) is 81.4 cm³/mol. The van der Waals surface area contributed by atoms with Crippen LogP contribution >= 0.6 is 0 Å². The minimum Gasteiger partial charge on any atom is -0.465 e. The van der Waals surface area contributed by atoms with E-state index < -0.39 is 5.97 Å². The summed E-state index contributed by atoms with van der Waals surface area (Å²) < 4.78 is 4.90. The van der Waals surface area contributed by atoms with Gasteiger partial charge in [-0.15, -0.1) is 0 Å². The SMILES string of the molecule is CCOC(=O)CN(C(=O)c1ccc(N(C)C)nc1)C(C)C. The lowest BCUT2D eigenvalue weighted by atomic mass is 10.2. The molecule has 0 saturated carbocycles.